The molecule has 0 bridgehead atoms. The number of allylic oxidation sites excluding steroid dienone is 1. The van der Waals surface area contributed by atoms with Gasteiger partial charge in [-0.1, -0.05) is 183 Å². The summed E-state index contributed by atoms with van der Waals surface area (Å²) in [7, 11) is 0. The van der Waals surface area contributed by atoms with Crippen molar-refractivity contribution in [3.05, 3.63) is 222 Å². The van der Waals surface area contributed by atoms with Gasteiger partial charge in [-0.25, -0.2) is 0 Å². The monoisotopic (exact) mass is 713 g/mol. The minimum atomic E-state index is -0.0103. The van der Waals surface area contributed by atoms with Crippen molar-refractivity contribution in [3.63, 3.8) is 0 Å². The Bertz CT molecular complexity index is 3010. The topological polar surface area (TPSA) is 12.4 Å². The van der Waals surface area contributed by atoms with Crippen LogP contribution >= 0.6 is 0 Å². The summed E-state index contributed by atoms with van der Waals surface area (Å²) in [4.78, 5) is 5.68. The molecule has 1 aliphatic heterocycles. The summed E-state index contributed by atoms with van der Waals surface area (Å²) in [6.07, 6.45) is 0.891. The number of aliphatic imine (C=N–C) groups is 1. The normalized spacial score (nSPS) is 16.3. The molecule has 0 radical (unpaired) electrons. The van der Waals surface area contributed by atoms with Gasteiger partial charge in [-0.2, -0.15) is 0 Å². The van der Waals surface area contributed by atoms with E-state index in [1.54, 1.807) is 0 Å². The highest BCUT2D eigenvalue weighted by atomic mass is 14.8. The first kappa shape index (κ1) is 32.6. The maximum atomic E-state index is 5.68. The number of nitrogens with zero attached hydrogens (tertiary/aromatic N) is 1. The second-order valence-electron chi connectivity index (χ2n) is 15.4. The molecule has 2 aliphatic rings. The van der Waals surface area contributed by atoms with Gasteiger partial charge in [0.2, 0.25) is 0 Å². The highest BCUT2D eigenvalue weighted by molar-refractivity contribution is 6.26. The first-order chi connectivity index (χ1) is 27.7. The molecule has 2 unspecified atom stereocenters. The first-order valence-electron chi connectivity index (χ1n) is 19.8. The Morgan fingerprint density at radius 1 is 0.393 bits per heavy atom. The van der Waals surface area contributed by atoms with E-state index in [1.807, 2.05) is 0 Å². The van der Waals surface area contributed by atoms with Gasteiger partial charge in [-0.05, 0) is 112 Å². The number of fused-ring (bicyclic) bond motifs is 9. The molecule has 0 saturated carbocycles. The maximum Gasteiger partial charge on any atom is 0.0822 e. The van der Waals surface area contributed by atoms with Gasteiger partial charge in [-0.15, -0.1) is 0 Å². The molecule has 1 nitrogen and oxygen atoms in total. The number of dihydropyridines is 1. The smallest absolute Gasteiger partial charge is 0.0822 e. The molecule has 0 spiro atoms. The quantitative estimate of drug-likeness (QED) is 0.158. The van der Waals surface area contributed by atoms with Crippen LogP contribution in [0.2, 0.25) is 0 Å². The van der Waals surface area contributed by atoms with E-state index < -0.39 is 0 Å². The Balaban J connectivity index is 1.05. The van der Waals surface area contributed by atoms with Gasteiger partial charge < -0.3 is 0 Å². The predicted octanol–water partition coefficient (Wildman–Crippen LogP) is 14.3. The maximum absolute atomic E-state index is 5.68. The van der Waals surface area contributed by atoms with Crippen molar-refractivity contribution in [2.24, 2.45) is 10.9 Å². The van der Waals surface area contributed by atoms with E-state index in [9.17, 15) is 0 Å². The third kappa shape index (κ3) is 5.34. The van der Waals surface area contributed by atoms with Crippen molar-refractivity contribution in [1.29, 1.82) is 0 Å². The van der Waals surface area contributed by atoms with Gasteiger partial charge in [0, 0.05) is 17.9 Å². The van der Waals surface area contributed by atoms with E-state index in [0.717, 1.165) is 12.1 Å². The van der Waals surface area contributed by atoms with Crippen molar-refractivity contribution >= 4 is 43.6 Å². The Morgan fingerprint density at radius 3 is 1.55 bits per heavy atom. The van der Waals surface area contributed by atoms with Gasteiger partial charge in [-0.3, -0.25) is 4.99 Å². The Kier molecular flexibility index (Phi) is 7.67. The van der Waals surface area contributed by atoms with Gasteiger partial charge in [0.1, 0.15) is 0 Å². The molecule has 9 aromatic rings. The van der Waals surface area contributed by atoms with Crippen LogP contribution < -0.4 is 0 Å². The molecule has 0 amide bonds. The van der Waals surface area contributed by atoms with Crippen LogP contribution in [0.15, 0.2) is 205 Å². The van der Waals surface area contributed by atoms with Crippen LogP contribution in [0.3, 0.4) is 0 Å². The summed E-state index contributed by atoms with van der Waals surface area (Å²) < 4.78 is 0. The third-order valence-corrected chi connectivity index (χ3v) is 12.3. The molecule has 264 valence electrons. The lowest BCUT2D eigenvalue weighted by molar-refractivity contribution is 0.576. The average Bonchev–Trinajstić information content (AvgIpc) is 3.64. The molecule has 1 heterocycles. The number of hydrogen-bond donors (Lipinski definition) is 0. The van der Waals surface area contributed by atoms with Crippen molar-refractivity contribution in [2.45, 2.75) is 19.4 Å². The first-order valence-corrected chi connectivity index (χ1v) is 19.8. The van der Waals surface area contributed by atoms with Crippen LogP contribution in [0.1, 0.15) is 35.2 Å². The second-order valence-corrected chi connectivity index (χ2v) is 15.4. The largest absolute Gasteiger partial charge is 0.276 e. The predicted molar refractivity (Wildman–Crippen MR) is 237 cm³/mol. The van der Waals surface area contributed by atoms with Crippen LogP contribution in [0, 0.1) is 5.92 Å². The van der Waals surface area contributed by atoms with Gasteiger partial charge in [0.25, 0.3) is 0 Å². The molecule has 0 N–H and O–H groups in total. The van der Waals surface area contributed by atoms with E-state index in [4.69, 9.17) is 4.99 Å². The molecule has 0 fully saturated rings. The number of rotatable bonds is 5. The van der Waals surface area contributed by atoms with Crippen LogP contribution in [0.25, 0.3) is 71.3 Å². The lowest BCUT2D eigenvalue weighted by atomic mass is 9.78. The lowest BCUT2D eigenvalue weighted by Crippen LogP contribution is -2.21. The zero-order valence-electron chi connectivity index (χ0n) is 31.3. The van der Waals surface area contributed by atoms with E-state index in [1.165, 1.54) is 99.1 Å². The summed E-state index contributed by atoms with van der Waals surface area (Å²) in [5.41, 5.74) is 16.5. The summed E-state index contributed by atoms with van der Waals surface area (Å²) in [5.74, 6) is 0.182. The van der Waals surface area contributed by atoms with Crippen LogP contribution in [-0.4, -0.2) is 5.71 Å². The van der Waals surface area contributed by atoms with Crippen LogP contribution in [0.4, 0.5) is 0 Å². The fourth-order valence-electron chi connectivity index (χ4n) is 9.51. The Hall–Kier alpha value is -6.83. The SMILES string of the molecule is CC1C(c2cccc(-c3ccc4c5ccccc5c5ccccc5c4c3)c2)=C2Cc3ccc(-c4ccccc4)cc3C2=NC1c1ccc(-c2ccccc2)cc1. The molecule has 0 aromatic heterocycles. The molecule has 56 heavy (non-hydrogen) atoms. The van der Waals surface area contributed by atoms with Crippen LogP contribution in [0.5, 0.6) is 0 Å². The molecule has 1 heteroatoms. The number of hydrogen-bond acceptors (Lipinski definition) is 1. The molecule has 11 rings (SSSR count). The Labute approximate surface area is 328 Å². The highest BCUT2D eigenvalue weighted by Gasteiger charge is 2.36. The van der Waals surface area contributed by atoms with Gasteiger partial charge in [0.15, 0.2) is 0 Å². The molecule has 0 saturated heterocycles. The van der Waals surface area contributed by atoms with Crippen molar-refractivity contribution in [3.8, 4) is 33.4 Å². The number of benzene rings is 9. The average molecular weight is 714 g/mol. The molecular formula is C55H39N. The summed E-state index contributed by atoms with van der Waals surface area (Å²) in [6.45, 7) is 2.39. The van der Waals surface area contributed by atoms with E-state index in [-0.39, 0.29) is 12.0 Å². The Morgan fingerprint density at radius 2 is 0.875 bits per heavy atom. The highest BCUT2D eigenvalue weighted by Crippen LogP contribution is 2.48. The third-order valence-electron chi connectivity index (χ3n) is 12.3. The zero-order valence-corrected chi connectivity index (χ0v) is 31.3. The van der Waals surface area contributed by atoms with Gasteiger partial charge >= 0.3 is 0 Å². The van der Waals surface area contributed by atoms with Crippen molar-refractivity contribution in [2.75, 3.05) is 0 Å². The van der Waals surface area contributed by atoms with Crippen molar-refractivity contribution in [1.82, 2.24) is 0 Å². The summed E-state index contributed by atoms with van der Waals surface area (Å²) in [6, 6.07) is 71.4. The zero-order chi connectivity index (χ0) is 37.2. The van der Waals surface area contributed by atoms with Crippen molar-refractivity contribution < 1.29 is 0 Å². The molecule has 1 aliphatic carbocycles. The lowest BCUT2D eigenvalue weighted by Gasteiger charge is -2.31. The van der Waals surface area contributed by atoms with E-state index in [2.05, 4.69) is 201 Å². The van der Waals surface area contributed by atoms with E-state index in [0.29, 0.717) is 0 Å². The summed E-state index contributed by atoms with van der Waals surface area (Å²) >= 11 is 0. The molecule has 2 atom stereocenters. The molecular weight excluding hydrogens is 675 g/mol. The summed E-state index contributed by atoms with van der Waals surface area (Å²) in [5, 5.41) is 7.80. The van der Waals surface area contributed by atoms with Crippen LogP contribution in [-0.2, 0) is 6.42 Å². The van der Waals surface area contributed by atoms with Gasteiger partial charge in [0.05, 0.1) is 11.8 Å². The fourth-order valence-corrected chi connectivity index (χ4v) is 9.51. The second kappa shape index (κ2) is 13.2. The minimum absolute atomic E-state index is 0.0103. The fraction of sp³-hybridized carbons (Fsp3) is 0.0727. The minimum Gasteiger partial charge on any atom is -0.276 e. The standard InChI is InChI=1S/C55H39N/c1-35-53(44-18-12-17-40(31-44)42-29-30-49-47-21-9-8-19-45(47)46-20-10-11-22-48(46)51(49)33-42)52-34-43-28-27-41(37-15-6-3-7-16-37)32-50(43)55(52)56-54(35)39-25-23-38(24-26-39)36-13-4-2-5-14-36/h2-33,35,54H,34H2,1H3. The molecule has 9 aromatic carbocycles. The van der Waals surface area contributed by atoms with E-state index >= 15 is 0 Å².